The minimum absolute atomic E-state index is 0.185. The first-order chi connectivity index (χ1) is 11.2. The summed E-state index contributed by atoms with van der Waals surface area (Å²) in [5, 5.41) is 8.59. The zero-order chi connectivity index (χ0) is 15.8. The number of benzene rings is 1. The summed E-state index contributed by atoms with van der Waals surface area (Å²) in [6.07, 6.45) is 5.03. The summed E-state index contributed by atoms with van der Waals surface area (Å²) >= 11 is 1.42. The molecule has 1 amide bonds. The molecule has 1 aliphatic rings. The lowest BCUT2D eigenvalue weighted by Crippen LogP contribution is -2.12. The van der Waals surface area contributed by atoms with E-state index >= 15 is 0 Å². The Balaban J connectivity index is 1.56. The SMILES string of the molecule is O=C(Nc1ccc(-n2cncn2)c(F)c1)c1sccc1C1CC1. The smallest absolute Gasteiger partial charge is 0.266 e. The lowest BCUT2D eigenvalue weighted by molar-refractivity contribution is 0.102. The minimum atomic E-state index is -0.470. The maximum absolute atomic E-state index is 14.2. The fraction of sp³-hybridized carbons (Fsp3) is 0.188. The molecule has 116 valence electrons. The number of rotatable bonds is 4. The van der Waals surface area contributed by atoms with Gasteiger partial charge in [-0.05, 0) is 54.0 Å². The van der Waals surface area contributed by atoms with Crippen LogP contribution in [-0.2, 0) is 0 Å². The Hall–Kier alpha value is -2.54. The van der Waals surface area contributed by atoms with E-state index in [4.69, 9.17) is 0 Å². The number of nitrogens with one attached hydrogen (secondary N) is 1. The second-order valence-corrected chi connectivity index (χ2v) is 6.36. The molecule has 0 atom stereocenters. The summed E-state index contributed by atoms with van der Waals surface area (Å²) in [6.45, 7) is 0. The maximum atomic E-state index is 14.2. The van der Waals surface area contributed by atoms with E-state index in [0.29, 0.717) is 16.5 Å². The van der Waals surface area contributed by atoms with Gasteiger partial charge in [0.05, 0.1) is 4.88 Å². The predicted molar refractivity (Wildman–Crippen MR) is 85.6 cm³/mol. The quantitative estimate of drug-likeness (QED) is 0.796. The van der Waals surface area contributed by atoms with Crippen molar-refractivity contribution in [1.29, 1.82) is 0 Å². The second-order valence-electron chi connectivity index (χ2n) is 5.44. The van der Waals surface area contributed by atoms with Crippen LogP contribution in [0.25, 0.3) is 5.69 Å². The van der Waals surface area contributed by atoms with Crippen LogP contribution in [0.5, 0.6) is 0 Å². The Kier molecular flexibility index (Phi) is 3.42. The highest BCUT2D eigenvalue weighted by Gasteiger charge is 2.29. The number of anilines is 1. The van der Waals surface area contributed by atoms with Crippen molar-refractivity contribution in [3.8, 4) is 5.69 Å². The molecule has 0 saturated heterocycles. The summed E-state index contributed by atoms with van der Waals surface area (Å²) in [5.74, 6) is -0.148. The van der Waals surface area contributed by atoms with Gasteiger partial charge in [-0.1, -0.05) is 0 Å². The van der Waals surface area contributed by atoms with Crippen LogP contribution in [0, 0.1) is 5.82 Å². The van der Waals surface area contributed by atoms with E-state index in [0.717, 1.165) is 18.4 Å². The molecule has 23 heavy (non-hydrogen) atoms. The third kappa shape index (κ3) is 2.75. The molecule has 0 unspecified atom stereocenters. The lowest BCUT2D eigenvalue weighted by Gasteiger charge is -2.08. The molecule has 1 saturated carbocycles. The van der Waals surface area contributed by atoms with Crippen molar-refractivity contribution >= 4 is 22.9 Å². The number of hydrogen-bond donors (Lipinski definition) is 1. The molecule has 1 N–H and O–H groups in total. The van der Waals surface area contributed by atoms with Gasteiger partial charge in [0, 0.05) is 5.69 Å². The lowest BCUT2D eigenvalue weighted by atomic mass is 10.1. The fourth-order valence-corrected chi connectivity index (χ4v) is 3.39. The summed E-state index contributed by atoms with van der Waals surface area (Å²) in [7, 11) is 0. The molecular weight excluding hydrogens is 315 g/mol. The van der Waals surface area contributed by atoms with E-state index in [1.165, 1.54) is 34.7 Å². The monoisotopic (exact) mass is 328 g/mol. The average Bonchev–Trinajstić information content (AvgIpc) is 3.03. The van der Waals surface area contributed by atoms with Crippen molar-refractivity contribution in [3.05, 3.63) is 58.6 Å². The van der Waals surface area contributed by atoms with Crippen molar-refractivity contribution in [2.45, 2.75) is 18.8 Å². The molecule has 0 aliphatic heterocycles. The van der Waals surface area contributed by atoms with Gasteiger partial charge < -0.3 is 5.32 Å². The van der Waals surface area contributed by atoms with Crippen LogP contribution in [0.3, 0.4) is 0 Å². The van der Waals surface area contributed by atoms with Gasteiger partial charge in [-0.2, -0.15) is 5.10 Å². The Morgan fingerprint density at radius 1 is 1.35 bits per heavy atom. The molecule has 1 fully saturated rings. The van der Waals surface area contributed by atoms with Gasteiger partial charge in [0.1, 0.15) is 18.3 Å². The molecule has 4 rings (SSSR count). The van der Waals surface area contributed by atoms with Crippen LogP contribution in [0.4, 0.5) is 10.1 Å². The Morgan fingerprint density at radius 3 is 2.91 bits per heavy atom. The van der Waals surface area contributed by atoms with E-state index in [9.17, 15) is 9.18 Å². The normalized spacial score (nSPS) is 14.0. The van der Waals surface area contributed by atoms with Crippen LogP contribution in [0.2, 0.25) is 0 Å². The number of hydrogen-bond acceptors (Lipinski definition) is 4. The van der Waals surface area contributed by atoms with E-state index in [-0.39, 0.29) is 11.6 Å². The van der Waals surface area contributed by atoms with Crippen LogP contribution in [-0.4, -0.2) is 20.7 Å². The van der Waals surface area contributed by atoms with Crippen LogP contribution < -0.4 is 5.32 Å². The van der Waals surface area contributed by atoms with Gasteiger partial charge >= 0.3 is 0 Å². The second kappa shape index (κ2) is 5.58. The molecule has 5 nitrogen and oxygen atoms in total. The molecule has 1 aliphatic carbocycles. The maximum Gasteiger partial charge on any atom is 0.266 e. The number of carbonyl (C=O) groups excluding carboxylic acids is 1. The van der Waals surface area contributed by atoms with Crippen LogP contribution in [0.15, 0.2) is 42.3 Å². The van der Waals surface area contributed by atoms with Crippen LogP contribution >= 0.6 is 11.3 Å². The van der Waals surface area contributed by atoms with Crippen molar-refractivity contribution in [2.75, 3.05) is 5.32 Å². The third-order valence-electron chi connectivity index (χ3n) is 3.79. The number of thiophene rings is 1. The van der Waals surface area contributed by atoms with Crippen LogP contribution in [0.1, 0.15) is 34.0 Å². The van der Waals surface area contributed by atoms with Crippen molar-refractivity contribution < 1.29 is 9.18 Å². The van der Waals surface area contributed by atoms with Gasteiger partial charge in [-0.3, -0.25) is 4.79 Å². The van der Waals surface area contributed by atoms with Gasteiger partial charge in [0.15, 0.2) is 5.82 Å². The van der Waals surface area contributed by atoms with Gasteiger partial charge in [-0.25, -0.2) is 14.1 Å². The number of halogens is 1. The first kappa shape index (κ1) is 14.1. The van der Waals surface area contributed by atoms with Crippen molar-refractivity contribution in [1.82, 2.24) is 14.8 Å². The fourth-order valence-electron chi connectivity index (χ4n) is 2.51. The average molecular weight is 328 g/mol. The van der Waals surface area contributed by atoms with E-state index in [1.807, 2.05) is 11.4 Å². The van der Waals surface area contributed by atoms with E-state index < -0.39 is 5.82 Å². The first-order valence-electron chi connectivity index (χ1n) is 7.25. The topological polar surface area (TPSA) is 59.8 Å². The molecule has 0 bridgehead atoms. The summed E-state index contributed by atoms with van der Waals surface area (Å²) in [5.41, 5.74) is 1.81. The third-order valence-corrected chi connectivity index (χ3v) is 4.72. The summed E-state index contributed by atoms with van der Waals surface area (Å²) in [4.78, 5) is 16.9. The molecule has 0 radical (unpaired) electrons. The number of aromatic nitrogens is 3. The molecule has 2 heterocycles. The van der Waals surface area contributed by atoms with E-state index in [2.05, 4.69) is 15.4 Å². The van der Waals surface area contributed by atoms with Gasteiger partial charge in [0.2, 0.25) is 0 Å². The number of amides is 1. The largest absolute Gasteiger partial charge is 0.321 e. The Labute approximate surface area is 135 Å². The highest BCUT2D eigenvalue weighted by Crippen LogP contribution is 2.43. The molecule has 1 aromatic carbocycles. The molecular formula is C16H13FN4OS. The van der Waals surface area contributed by atoms with Gasteiger partial charge in [-0.15, -0.1) is 11.3 Å². The van der Waals surface area contributed by atoms with E-state index in [1.54, 1.807) is 12.1 Å². The zero-order valence-corrected chi connectivity index (χ0v) is 12.9. The summed E-state index contributed by atoms with van der Waals surface area (Å²) in [6, 6.07) is 6.52. The highest BCUT2D eigenvalue weighted by atomic mass is 32.1. The van der Waals surface area contributed by atoms with Crippen molar-refractivity contribution in [2.24, 2.45) is 0 Å². The first-order valence-corrected chi connectivity index (χ1v) is 8.13. The highest BCUT2D eigenvalue weighted by molar-refractivity contribution is 7.12. The molecule has 2 aromatic heterocycles. The standard InChI is InChI=1S/C16H13FN4OS/c17-13-7-11(3-4-14(13)21-9-18-8-19-21)20-16(22)15-12(5-6-23-15)10-1-2-10/h3-10H,1-2H2,(H,20,22). The number of carbonyl (C=O) groups is 1. The van der Waals surface area contributed by atoms with Gasteiger partial charge in [0.25, 0.3) is 5.91 Å². The van der Waals surface area contributed by atoms with Crippen molar-refractivity contribution in [3.63, 3.8) is 0 Å². The molecule has 0 spiro atoms. The Bertz CT molecular complexity index is 855. The zero-order valence-electron chi connectivity index (χ0n) is 12.1. The molecule has 7 heteroatoms. The number of nitrogens with zero attached hydrogens (tertiary/aromatic N) is 3. The Morgan fingerprint density at radius 2 is 2.22 bits per heavy atom. The summed E-state index contributed by atoms with van der Waals surface area (Å²) < 4.78 is 15.5. The molecule has 3 aromatic rings. The minimum Gasteiger partial charge on any atom is -0.321 e. The predicted octanol–water partition coefficient (Wildman–Crippen LogP) is 3.60.